The topological polar surface area (TPSA) is 21.3 Å². The van der Waals surface area contributed by atoms with Crippen molar-refractivity contribution in [3.8, 4) is 5.75 Å². The summed E-state index contributed by atoms with van der Waals surface area (Å²) in [5, 5.41) is 3.31. The molecule has 0 fully saturated rings. The van der Waals surface area contributed by atoms with Crippen LogP contribution in [0.3, 0.4) is 0 Å². The molecule has 1 N–H and O–H groups in total. The molecule has 0 aromatic heterocycles. The lowest BCUT2D eigenvalue weighted by Crippen LogP contribution is -2.19. The largest absolute Gasteiger partial charge is 0.493 e. The molecule has 1 aliphatic heterocycles. The molecule has 0 bridgehead atoms. The van der Waals surface area contributed by atoms with Crippen LogP contribution < -0.4 is 10.1 Å². The molecule has 2 nitrogen and oxygen atoms in total. The summed E-state index contributed by atoms with van der Waals surface area (Å²) < 4.78 is 5.82. The Morgan fingerprint density at radius 1 is 1.10 bits per heavy atom. The van der Waals surface area contributed by atoms with Crippen LogP contribution in [-0.4, -0.2) is 20.2 Å². The molecule has 0 amide bonds. The van der Waals surface area contributed by atoms with Gasteiger partial charge in [0, 0.05) is 18.9 Å². The first kappa shape index (κ1) is 13.2. The summed E-state index contributed by atoms with van der Waals surface area (Å²) in [7, 11) is 2.02. The lowest BCUT2D eigenvalue weighted by atomic mass is 9.91. The van der Waals surface area contributed by atoms with Crippen LogP contribution in [0.25, 0.3) is 0 Å². The van der Waals surface area contributed by atoms with Gasteiger partial charge in [0.25, 0.3) is 0 Å². The zero-order valence-corrected chi connectivity index (χ0v) is 11.9. The Balaban J connectivity index is 1.86. The predicted octanol–water partition coefficient (Wildman–Crippen LogP) is 3.17. The average molecular weight is 267 g/mol. The van der Waals surface area contributed by atoms with Crippen LogP contribution in [0.4, 0.5) is 0 Å². The minimum atomic E-state index is 0.483. The number of benzene rings is 2. The summed E-state index contributed by atoms with van der Waals surface area (Å²) in [6.45, 7) is 1.81. The lowest BCUT2D eigenvalue weighted by Gasteiger charge is -2.18. The summed E-state index contributed by atoms with van der Waals surface area (Å²) >= 11 is 0. The average Bonchev–Trinajstić information content (AvgIpc) is 2.97. The summed E-state index contributed by atoms with van der Waals surface area (Å²) in [4.78, 5) is 0. The first-order valence-corrected chi connectivity index (χ1v) is 7.31. The number of para-hydroxylation sites is 1. The zero-order chi connectivity index (χ0) is 13.8. The molecule has 2 heteroatoms. The molecule has 1 aliphatic rings. The molecule has 20 heavy (non-hydrogen) atoms. The van der Waals surface area contributed by atoms with Crippen LogP contribution in [0.2, 0.25) is 0 Å². The molecule has 0 aliphatic carbocycles. The zero-order valence-electron chi connectivity index (χ0n) is 11.9. The Labute approximate surface area is 120 Å². The van der Waals surface area contributed by atoms with Gasteiger partial charge in [-0.15, -0.1) is 0 Å². The van der Waals surface area contributed by atoms with Crippen LogP contribution in [0.5, 0.6) is 5.75 Å². The van der Waals surface area contributed by atoms with Gasteiger partial charge >= 0.3 is 0 Å². The van der Waals surface area contributed by atoms with Crippen molar-refractivity contribution < 1.29 is 4.74 Å². The second kappa shape index (κ2) is 6.10. The molecule has 104 valence electrons. The third kappa shape index (κ3) is 2.70. The van der Waals surface area contributed by atoms with Crippen molar-refractivity contribution in [3.05, 3.63) is 65.2 Å². The van der Waals surface area contributed by atoms with E-state index in [0.717, 1.165) is 31.7 Å². The van der Waals surface area contributed by atoms with Crippen molar-refractivity contribution in [2.24, 2.45) is 0 Å². The van der Waals surface area contributed by atoms with Crippen molar-refractivity contribution in [1.29, 1.82) is 0 Å². The van der Waals surface area contributed by atoms with Gasteiger partial charge < -0.3 is 10.1 Å². The highest BCUT2D eigenvalue weighted by molar-refractivity contribution is 5.45. The maximum atomic E-state index is 5.82. The minimum Gasteiger partial charge on any atom is -0.493 e. The number of hydrogen-bond donors (Lipinski definition) is 1. The molecule has 2 aromatic rings. The fraction of sp³-hybridized carbons (Fsp3) is 0.333. The highest BCUT2D eigenvalue weighted by atomic mass is 16.5. The van der Waals surface area contributed by atoms with E-state index < -0.39 is 0 Å². The van der Waals surface area contributed by atoms with E-state index in [2.05, 4.69) is 53.8 Å². The molecule has 1 atom stereocenters. The molecule has 1 unspecified atom stereocenters. The molecule has 0 radical (unpaired) electrons. The first-order valence-electron chi connectivity index (χ1n) is 7.31. The minimum absolute atomic E-state index is 0.483. The second-order valence-electron chi connectivity index (χ2n) is 5.37. The van der Waals surface area contributed by atoms with Gasteiger partial charge in [-0.05, 0) is 30.2 Å². The van der Waals surface area contributed by atoms with Crippen LogP contribution in [-0.2, 0) is 12.8 Å². The Morgan fingerprint density at radius 2 is 1.95 bits per heavy atom. The molecule has 1 heterocycles. The highest BCUT2D eigenvalue weighted by Gasteiger charge is 2.19. The van der Waals surface area contributed by atoms with Crippen LogP contribution >= 0.6 is 0 Å². The number of ether oxygens (including phenoxy) is 1. The maximum Gasteiger partial charge on any atom is 0.125 e. The number of nitrogens with one attached hydrogen (secondary N) is 1. The summed E-state index contributed by atoms with van der Waals surface area (Å²) in [5.74, 6) is 1.61. The fourth-order valence-corrected chi connectivity index (χ4v) is 2.99. The van der Waals surface area contributed by atoms with Crippen molar-refractivity contribution in [2.75, 3.05) is 20.2 Å². The monoisotopic (exact) mass is 267 g/mol. The molecular formula is C18H21NO. The van der Waals surface area contributed by atoms with E-state index in [-0.39, 0.29) is 0 Å². The van der Waals surface area contributed by atoms with Gasteiger partial charge in [0.15, 0.2) is 0 Å². The van der Waals surface area contributed by atoms with E-state index in [0.29, 0.717) is 5.92 Å². The Bertz CT molecular complexity index is 565. The molecule has 0 spiro atoms. The third-order valence-corrected chi connectivity index (χ3v) is 3.98. The van der Waals surface area contributed by atoms with E-state index in [1.165, 1.54) is 16.7 Å². The predicted molar refractivity (Wildman–Crippen MR) is 82.5 cm³/mol. The van der Waals surface area contributed by atoms with E-state index in [1.807, 2.05) is 7.05 Å². The van der Waals surface area contributed by atoms with E-state index in [4.69, 9.17) is 4.74 Å². The van der Waals surface area contributed by atoms with Crippen molar-refractivity contribution >= 4 is 0 Å². The maximum absolute atomic E-state index is 5.82. The standard InChI is InChI=1S/C18H21NO/c1-19-13-17(14-6-3-2-4-7-14)12-16-9-5-8-15-10-11-20-18(15)16/h2-9,17,19H,10-13H2,1H3. The summed E-state index contributed by atoms with van der Waals surface area (Å²) in [5.41, 5.74) is 4.08. The van der Waals surface area contributed by atoms with Gasteiger partial charge in [0.2, 0.25) is 0 Å². The van der Waals surface area contributed by atoms with Crippen molar-refractivity contribution in [3.63, 3.8) is 0 Å². The van der Waals surface area contributed by atoms with Crippen molar-refractivity contribution in [2.45, 2.75) is 18.8 Å². The second-order valence-corrected chi connectivity index (χ2v) is 5.37. The van der Waals surface area contributed by atoms with Gasteiger partial charge in [0.05, 0.1) is 6.61 Å². The smallest absolute Gasteiger partial charge is 0.125 e. The number of hydrogen-bond acceptors (Lipinski definition) is 2. The molecule has 2 aromatic carbocycles. The Kier molecular flexibility index (Phi) is 4.03. The van der Waals surface area contributed by atoms with Gasteiger partial charge in [-0.1, -0.05) is 48.5 Å². The fourth-order valence-electron chi connectivity index (χ4n) is 2.99. The summed E-state index contributed by atoms with van der Waals surface area (Å²) in [6, 6.07) is 17.3. The van der Waals surface area contributed by atoms with E-state index in [9.17, 15) is 0 Å². The van der Waals surface area contributed by atoms with Gasteiger partial charge in [-0.2, -0.15) is 0 Å². The molecule has 0 saturated heterocycles. The highest BCUT2D eigenvalue weighted by Crippen LogP contribution is 2.32. The Morgan fingerprint density at radius 3 is 2.75 bits per heavy atom. The van der Waals surface area contributed by atoms with Gasteiger partial charge in [-0.3, -0.25) is 0 Å². The quantitative estimate of drug-likeness (QED) is 0.898. The van der Waals surface area contributed by atoms with E-state index in [1.54, 1.807) is 0 Å². The van der Waals surface area contributed by atoms with Crippen molar-refractivity contribution in [1.82, 2.24) is 5.32 Å². The molecule has 3 rings (SSSR count). The van der Waals surface area contributed by atoms with Gasteiger partial charge in [0.1, 0.15) is 5.75 Å². The third-order valence-electron chi connectivity index (χ3n) is 3.98. The first-order chi connectivity index (χ1) is 9.88. The van der Waals surface area contributed by atoms with Gasteiger partial charge in [-0.25, -0.2) is 0 Å². The Hall–Kier alpha value is -1.80. The SMILES string of the molecule is CNCC(Cc1cccc2c1OCC2)c1ccccc1. The summed E-state index contributed by atoms with van der Waals surface area (Å²) in [6.07, 6.45) is 2.07. The number of likely N-dealkylation sites (N-methyl/N-ethyl adjacent to an activating group) is 1. The lowest BCUT2D eigenvalue weighted by molar-refractivity contribution is 0.352. The van der Waals surface area contributed by atoms with Crippen LogP contribution in [0.15, 0.2) is 48.5 Å². The van der Waals surface area contributed by atoms with Crippen LogP contribution in [0, 0.1) is 0 Å². The normalized spacial score (nSPS) is 14.7. The molecule has 0 saturated carbocycles. The van der Waals surface area contributed by atoms with E-state index >= 15 is 0 Å². The number of rotatable bonds is 5. The number of fused-ring (bicyclic) bond motifs is 1. The molecular weight excluding hydrogens is 246 g/mol. The van der Waals surface area contributed by atoms with Crippen LogP contribution in [0.1, 0.15) is 22.6 Å².